The zero-order valence-corrected chi connectivity index (χ0v) is 31.0. The molecule has 2 aromatic rings. The quantitative estimate of drug-likeness (QED) is 0.326. The maximum Gasteiger partial charge on any atom is 0.410 e. The van der Waals surface area contributed by atoms with Crippen LogP contribution in [0, 0.1) is 5.82 Å². The highest BCUT2D eigenvalue weighted by Crippen LogP contribution is 2.32. The lowest BCUT2D eigenvalue weighted by Crippen LogP contribution is -2.58. The maximum absolute atomic E-state index is 13.2. The fraction of sp³-hybridized carbons (Fsp3) is 0.447. The van der Waals surface area contributed by atoms with E-state index >= 15 is 0 Å². The Morgan fingerprint density at radius 2 is 1.21 bits per heavy atom. The van der Waals surface area contributed by atoms with Gasteiger partial charge in [0.05, 0.1) is 22.3 Å². The molecule has 8 rings (SSSR count). The minimum absolute atomic E-state index is 0.0537. The molecule has 18 heteroatoms. The summed E-state index contributed by atoms with van der Waals surface area (Å²) in [5, 5.41) is 7.62. The molecule has 5 aliphatic heterocycles. The van der Waals surface area contributed by atoms with Crippen LogP contribution in [0.1, 0.15) is 107 Å². The summed E-state index contributed by atoms with van der Waals surface area (Å²) in [6.45, 7) is 6.80. The molecule has 0 radical (unpaired) electrons. The molecule has 3 saturated heterocycles. The third kappa shape index (κ3) is 8.29. The molecule has 4 fully saturated rings. The molecule has 17 nitrogen and oxygen atoms in total. The predicted octanol–water partition coefficient (Wildman–Crippen LogP) is 1.84. The number of nitrogens with zero attached hydrogens (tertiary/aromatic N) is 3. The Balaban J connectivity index is 0.000000151. The molecule has 2 unspecified atom stereocenters. The number of piperidine rings is 2. The van der Waals surface area contributed by atoms with Crippen LogP contribution in [0.25, 0.3) is 0 Å². The normalized spacial score (nSPS) is 22.1. The van der Waals surface area contributed by atoms with Crippen molar-refractivity contribution in [3.63, 3.8) is 0 Å². The van der Waals surface area contributed by atoms with Gasteiger partial charge in [0.15, 0.2) is 0 Å². The highest BCUT2D eigenvalue weighted by molar-refractivity contribution is 6.24. The summed E-state index contributed by atoms with van der Waals surface area (Å²) in [6.07, 6.45) is 3.57. The molecular weight excluding hydrogens is 733 g/mol. The Labute approximate surface area is 320 Å². The second-order valence-electron chi connectivity index (χ2n) is 15.3. The topological polar surface area (TPSA) is 235 Å². The number of anilines is 1. The van der Waals surface area contributed by atoms with Gasteiger partial charge in [-0.3, -0.25) is 58.8 Å². The van der Waals surface area contributed by atoms with Crippen molar-refractivity contribution in [2.24, 2.45) is 5.73 Å². The number of likely N-dealkylation sites (tertiary alicyclic amines) is 1. The number of benzene rings is 2. The van der Waals surface area contributed by atoms with E-state index in [4.69, 9.17) is 10.5 Å². The average Bonchev–Trinajstić information content (AvgIpc) is 3.48. The van der Waals surface area contributed by atoms with Gasteiger partial charge in [-0.2, -0.15) is 0 Å². The van der Waals surface area contributed by atoms with Crippen LogP contribution in [-0.2, 0) is 23.9 Å². The van der Waals surface area contributed by atoms with Crippen molar-refractivity contribution in [3.8, 4) is 0 Å². The smallest absolute Gasteiger partial charge is 0.410 e. The van der Waals surface area contributed by atoms with Crippen LogP contribution in [0.15, 0.2) is 36.4 Å². The summed E-state index contributed by atoms with van der Waals surface area (Å²) in [7, 11) is 0. The van der Waals surface area contributed by atoms with Crippen molar-refractivity contribution < 1.29 is 52.3 Å². The number of carbonyl (C=O) groups is 9. The van der Waals surface area contributed by atoms with E-state index < -0.39 is 64.9 Å². The summed E-state index contributed by atoms with van der Waals surface area (Å²) in [6, 6.07) is 6.98. The summed E-state index contributed by atoms with van der Waals surface area (Å²) < 4.78 is 18.3. The Bertz CT molecular complexity index is 2040. The molecule has 0 spiro atoms. The van der Waals surface area contributed by atoms with Gasteiger partial charge < -0.3 is 20.7 Å². The Kier molecular flexibility index (Phi) is 11.0. The summed E-state index contributed by atoms with van der Waals surface area (Å²) in [5.41, 5.74) is 6.56. The van der Waals surface area contributed by atoms with E-state index in [2.05, 4.69) is 16.0 Å². The monoisotopic (exact) mass is 775 g/mol. The van der Waals surface area contributed by atoms with Crippen molar-refractivity contribution in [1.82, 2.24) is 25.3 Å². The molecular formula is C38H42FN7O10. The molecule has 0 bridgehead atoms. The highest BCUT2D eigenvalue weighted by atomic mass is 19.1. The average molecular weight is 776 g/mol. The molecule has 296 valence electrons. The van der Waals surface area contributed by atoms with Crippen LogP contribution >= 0.6 is 0 Å². The van der Waals surface area contributed by atoms with Crippen LogP contribution in [0.4, 0.5) is 14.9 Å². The maximum atomic E-state index is 13.2. The van der Waals surface area contributed by atoms with E-state index in [1.54, 1.807) is 23.1 Å². The Hall–Kier alpha value is -6.04. The van der Waals surface area contributed by atoms with Gasteiger partial charge >= 0.3 is 6.09 Å². The van der Waals surface area contributed by atoms with Crippen molar-refractivity contribution in [3.05, 3.63) is 64.5 Å². The molecule has 2 atom stereocenters. The van der Waals surface area contributed by atoms with Gasteiger partial charge in [0.1, 0.15) is 23.5 Å². The number of hydrogen-bond donors (Lipinski definition) is 4. The van der Waals surface area contributed by atoms with Gasteiger partial charge in [0.25, 0.3) is 23.6 Å². The second kappa shape index (κ2) is 15.6. The van der Waals surface area contributed by atoms with Crippen molar-refractivity contribution in [2.75, 3.05) is 18.4 Å². The molecule has 0 aromatic heterocycles. The number of halogens is 1. The fourth-order valence-corrected chi connectivity index (χ4v) is 6.78. The van der Waals surface area contributed by atoms with Gasteiger partial charge in [-0.1, -0.05) is 0 Å². The third-order valence-electron chi connectivity index (χ3n) is 9.88. The zero-order valence-electron chi connectivity index (χ0n) is 31.0. The van der Waals surface area contributed by atoms with E-state index in [-0.39, 0.29) is 54.9 Å². The molecule has 5 heterocycles. The van der Waals surface area contributed by atoms with Gasteiger partial charge in [0.2, 0.25) is 23.6 Å². The van der Waals surface area contributed by atoms with Crippen LogP contribution in [0.5, 0.6) is 0 Å². The third-order valence-corrected chi connectivity index (χ3v) is 9.88. The first-order valence-corrected chi connectivity index (χ1v) is 18.3. The minimum atomic E-state index is -1.02. The lowest BCUT2D eigenvalue weighted by molar-refractivity contribution is -0.137. The number of nitrogens with one attached hydrogen (secondary N) is 3. The first kappa shape index (κ1) is 39.6. The standard InChI is InChI=1S/C17H17N3O4.C13H9FN2O4.C8H16N2O2/c21-14-7-6-13(15(22)19-14)20-16(23)11-5-4-10(8-12(11)17(20)24)18-9-2-1-3-9;14-6-1-2-7-8(5-6)13(20)16(12(7)19)9-3-4-10(17)15-11(9)18;1-8(2,3)12-7(11)10-4-6(9)5-10/h4-5,8-9,13,18H,1-3,6-7H2,(H,19,21,22);1-2,5,9H,3-4H2,(H,15,17,18);6H,4-5,9H2,1-3H3. The number of carbonyl (C=O) groups excluding carboxylic acids is 9. The number of ether oxygens (including phenoxy) is 1. The number of amides is 9. The van der Waals surface area contributed by atoms with E-state index in [1.807, 2.05) is 20.8 Å². The van der Waals surface area contributed by atoms with E-state index in [0.717, 1.165) is 40.5 Å². The van der Waals surface area contributed by atoms with Gasteiger partial charge in [-0.15, -0.1) is 0 Å². The Morgan fingerprint density at radius 3 is 1.66 bits per heavy atom. The van der Waals surface area contributed by atoms with E-state index in [9.17, 15) is 47.5 Å². The van der Waals surface area contributed by atoms with Gasteiger partial charge in [0, 0.05) is 43.7 Å². The number of rotatable bonds is 4. The van der Waals surface area contributed by atoms with Crippen molar-refractivity contribution in [1.29, 1.82) is 0 Å². The number of nitrogens with two attached hydrogens (primary N) is 1. The highest BCUT2D eigenvalue weighted by Gasteiger charge is 2.46. The Morgan fingerprint density at radius 1 is 0.732 bits per heavy atom. The van der Waals surface area contributed by atoms with Crippen LogP contribution in [0.2, 0.25) is 0 Å². The van der Waals surface area contributed by atoms with E-state index in [0.29, 0.717) is 30.3 Å². The molecule has 1 saturated carbocycles. The molecule has 2 aromatic carbocycles. The SMILES string of the molecule is CC(C)(C)OC(=O)N1CC(N)C1.O=C1CCC(N2C(=O)c3ccc(F)cc3C2=O)C(=O)N1.O=C1CCC(N2C(=O)c3ccc(NC4CCC4)cc3C2=O)C(=O)N1. The van der Waals surface area contributed by atoms with Crippen LogP contribution in [-0.4, -0.2) is 111 Å². The molecule has 56 heavy (non-hydrogen) atoms. The van der Waals surface area contributed by atoms with Crippen molar-refractivity contribution in [2.45, 2.75) is 95.5 Å². The zero-order chi connectivity index (χ0) is 40.6. The van der Waals surface area contributed by atoms with Crippen molar-refractivity contribution >= 4 is 59.0 Å². The van der Waals surface area contributed by atoms with E-state index in [1.165, 1.54) is 12.5 Å². The molecule has 9 amide bonds. The minimum Gasteiger partial charge on any atom is -0.444 e. The first-order chi connectivity index (χ1) is 26.4. The largest absolute Gasteiger partial charge is 0.444 e. The molecule has 1 aliphatic carbocycles. The molecule has 5 N–H and O–H groups in total. The lowest BCUT2D eigenvalue weighted by atomic mass is 9.93. The summed E-state index contributed by atoms with van der Waals surface area (Å²) in [5.74, 6) is -5.01. The summed E-state index contributed by atoms with van der Waals surface area (Å²) >= 11 is 0. The van der Waals surface area contributed by atoms with Gasteiger partial charge in [-0.05, 0) is 89.3 Å². The molecule has 6 aliphatic rings. The van der Waals surface area contributed by atoms with Crippen LogP contribution in [0.3, 0.4) is 0 Å². The second-order valence-corrected chi connectivity index (χ2v) is 15.3. The number of hydrogen-bond acceptors (Lipinski definition) is 12. The predicted molar refractivity (Wildman–Crippen MR) is 193 cm³/mol. The summed E-state index contributed by atoms with van der Waals surface area (Å²) in [4.78, 5) is 110. The number of imide groups is 4. The van der Waals surface area contributed by atoms with Gasteiger partial charge in [-0.25, -0.2) is 9.18 Å². The van der Waals surface area contributed by atoms with Crippen LogP contribution < -0.4 is 21.7 Å². The fourth-order valence-electron chi connectivity index (χ4n) is 6.78. The number of fused-ring (bicyclic) bond motifs is 2. The first-order valence-electron chi connectivity index (χ1n) is 18.3. The lowest BCUT2D eigenvalue weighted by Gasteiger charge is -2.37.